The summed E-state index contributed by atoms with van der Waals surface area (Å²) in [5.74, 6) is -1.95. The van der Waals surface area contributed by atoms with Crippen molar-refractivity contribution in [2.75, 3.05) is 18.1 Å². The van der Waals surface area contributed by atoms with E-state index in [1.165, 1.54) is 0 Å². The van der Waals surface area contributed by atoms with Crippen molar-refractivity contribution < 1.29 is 40.8 Å². The van der Waals surface area contributed by atoms with E-state index in [9.17, 15) is 36.1 Å². The highest BCUT2D eigenvalue weighted by Crippen LogP contribution is 2.66. The summed E-state index contributed by atoms with van der Waals surface area (Å²) < 4.78 is 81.2. The number of aliphatic hydroxyl groups excluding tert-OH is 1. The molecule has 4 unspecified atom stereocenters. The van der Waals surface area contributed by atoms with Gasteiger partial charge in [0.15, 0.2) is 0 Å². The van der Waals surface area contributed by atoms with Crippen LogP contribution in [-0.4, -0.2) is 57.5 Å². The standard InChI is InChI=1S/C35H57F5O4S/c1-32-19-17-26(41)23-25(32)13-14-27-28-15-16-30(42)33(28,2)24-29(31(27)32)44-20-10-8-6-4-3-5-7-9-11-21-45(43)22-12-18-34(36,37)35(38,39)40/h25,27-31,42H,3-24H2,1-2H3/t25?,27-,28-,29?,30?,31-,32-,33-,45?/m0/s1. The fraction of sp³-hybridized carbons (Fsp3) is 0.971. The first kappa shape index (κ1) is 37.2. The van der Waals surface area contributed by atoms with E-state index in [1.807, 2.05) is 0 Å². The predicted molar refractivity (Wildman–Crippen MR) is 168 cm³/mol. The number of Topliss-reactive ketones (excluding diaryl/α,β-unsaturated/α-hetero) is 1. The lowest BCUT2D eigenvalue weighted by molar-refractivity contribution is -0.284. The van der Waals surface area contributed by atoms with Crippen LogP contribution in [0.5, 0.6) is 0 Å². The molecule has 4 aliphatic rings. The Hall–Kier alpha value is -0.610. The number of halogens is 5. The monoisotopic (exact) mass is 668 g/mol. The molecule has 10 heteroatoms. The van der Waals surface area contributed by atoms with Crippen LogP contribution in [0.3, 0.4) is 0 Å². The van der Waals surface area contributed by atoms with E-state index in [0.29, 0.717) is 48.0 Å². The molecule has 0 aromatic rings. The number of aliphatic hydroxyl groups is 1. The Labute approximate surface area is 269 Å². The molecule has 4 aliphatic carbocycles. The number of hydrogen-bond donors (Lipinski definition) is 1. The molecule has 0 aliphatic heterocycles. The Morgan fingerprint density at radius 2 is 1.47 bits per heavy atom. The van der Waals surface area contributed by atoms with E-state index >= 15 is 0 Å². The van der Waals surface area contributed by atoms with Gasteiger partial charge in [-0.2, -0.15) is 22.0 Å². The molecular weight excluding hydrogens is 611 g/mol. The molecule has 262 valence electrons. The van der Waals surface area contributed by atoms with Crippen molar-refractivity contribution in [2.24, 2.45) is 34.5 Å². The van der Waals surface area contributed by atoms with Gasteiger partial charge in [0, 0.05) is 48.2 Å². The molecule has 0 saturated heterocycles. The first-order chi connectivity index (χ1) is 21.2. The molecule has 0 aromatic carbocycles. The minimum atomic E-state index is -5.54. The number of carbonyl (C=O) groups is 1. The number of carbonyl (C=O) groups excluding carboxylic acids is 1. The lowest BCUT2D eigenvalue weighted by atomic mass is 9.44. The van der Waals surface area contributed by atoms with Gasteiger partial charge in [-0.25, -0.2) is 0 Å². The molecule has 0 aromatic heterocycles. The largest absolute Gasteiger partial charge is 0.453 e. The first-order valence-electron chi connectivity index (χ1n) is 17.8. The molecule has 4 rings (SSSR count). The van der Waals surface area contributed by atoms with Crippen LogP contribution < -0.4 is 0 Å². The van der Waals surface area contributed by atoms with Gasteiger partial charge in [0.2, 0.25) is 0 Å². The number of unbranched alkanes of at least 4 members (excludes halogenated alkanes) is 8. The summed E-state index contributed by atoms with van der Waals surface area (Å²) in [6.45, 7) is 5.49. The lowest BCUT2D eigenvalue weighted by Gasteiger charge is -2.62. The molecule has 0 bridgehead atoms. The van der Waals surface area contributed by atoms with E-state index < -0.39 is 35.7 Å². The Bertz CT molecular complexity index is 992. The first-order valence-corrected chi connectivity index (χ1v) is 19.3. The third-order valence-electron chi connectivity index (χ3n) is 12.5. The fourth-order valence-electron chi connectivity index (χ4n) is 9.80. The average Bonchev–Trinajstić information content (AvgIpc) is 3.26. The number of ether oxygens (including phenoxy) is 1. The van der Waals surface area contributed by atoms with Gasteiger partial charge in [-0.05, 0) is 92.3 Å². The average molecular weight is 669 g/mol. The zero-order chi connectivity index (χ0) is 32.9. The van der Waals surface area contributed by atoms with E-state index in [-0.39, 0.29) is 28.8 Å². The van der Waals surface area contributed by atoms with Crippen molar-refractivity contribution in [1.82, 2.24) is 0 Å². The molecule has 0 heterocycles. The number of rotatable bonds is 17. The third-order valence-corrected chi connectivity index (χ3v) is 14.0. The molecule has 4 nitrogen and oxygen atoms in total. The highest BCUT2D eigenvalue weighted by molar-refractivity contribution is 7.84. The van der Waals surface area contributed by atoms with Crippen molar-refractivity contribution in [3.63, 3.8) is 0 Å². The molecule has 4 saturated carbocycles. The Morgan fingerprint density at radius 3 is 2.13 bits per heavy atom. The zero-order valence-corrected chi connectivity index (χ0v) is 28.3. The van der Waals surface area contributed by atoms with Crippen LogP contribution in [0.15, 0.2) is 0 Å². The van der Waals surface area contributed by atoms with E-state index in [4.69, 9.17) is 4.74 Å². The van der Waals surface area contributed by atoms with E-state index in [0.717, 1.165) is 103 Å². The number of hydrogen-bond acceptors (Lipinski definition) is 4. The van der Waals surface area contributed by atoms with Gasteiger partial charge >= 0.3 is 12.1 Å². The van der Waals surface area contributed by atoms with Gasteiger partial charge in [-0.15, -0.1) is 0 Å². The van der Waals surface area contributed by atoms with E-state index in [2.05, 4.69) is 13.8 Å². The fourth-order valence-corrected chi connectivity index (χ4v) is 11.0. The number of ketones is 1. The Kier molecular flexibility index (Phi) is 13.0. The summed E-state index contributed by atoms with van der Waals surface area (Å²) in [7, 11) is -1.35. The lowest BCUT2D eigenvalue weighted by Crippen LogP contribution is -2.60. The topological polar surface area (TPSA) is 63.6 Å². The van der Waals surface area contributed by atoms with E-state index in [1.54, 1.807) is 0 Å². The van der Waals surface area contributed by atoms with Crippen molar-refractivity contribution in [3.8, 4) is 0 Å². The second-order valence-electron chi connectivity index (χ2n) is 15.4. The van der Waals surface area contributed by atoms with Crippen LogP contribution in [0.4, 0.5) is 22.0 Å². The highest BCUT2D eigenvalue weighted by atomic mass is 32.2. The van der Waals surface area contributed by atoms with Crippen LogP contribution in [0.25, 0.3) is 0 Å². The summed E-state index contributed by atoms with van der Waals surface area (Å²) in [4.78, 5) is 12.3. The van der Waals surface area contributed by atoms with Crippen molar-refractivity contribution in [1.29, 1.82) is 0 Å². The molecule has 0 spiro atoms. The van der Waals surface area contributed by atoms with Crippen molar-refractivity contribution >= 4 is 16.6 Å². The van der Waals surface area contributed by atoms with Gasteiger partial charge in [0.05, 0.1) is 12.2 Å². The highest BCUT2D eigenvalue weighted by Gasteiger charge is 2.63. The second-order valence-corrected chi connectivity index (χ2v) is 17.1. The smallest absolute Gasteiger partial charge is 0.393 e. The Balaban J connectivity index is 1.09. The predicted octanol–water partition coefficient (Wildman–Crippen LogP) is 9.19. The summed E-state index contributed by atoms with van der Waals surface area (Å²) in [6.07, 6.45) is 9.56. The summed E-state index contributed by atoms with van der Waals surface area (Å²) in [5, 5.41) is 11.0. The molecule has 45 heavy (non-hydrogen) atoms. The van der Waals surface area contributed by atoms with Gasteiger partial charge in [-0.1, -0.05) is 58.8 Å². The molecule has 0 amide bonds. The van der Waals surface area contributed by atoms with Crippen LogP contribution in [0, 0.1) is 34.5 Å². The molecule has 9 atom stereocenters. The molecule has 0 radical (unpaired) electrons. The normalized spacial score (nSPS) is 36.0. The summed E-state index contributed by atoms with van der Waals surface area (Å²) in [6, 6.07) is 0. The van der Waals surface area contributed by atoms with Crippen LogP contribution in [0.2, 0.25) is 0 Å². The minimum absolute atomic E-state index is 0.0665. The number of alkyl halides is 5. The van der Waals surface area contributed by atoms with Crippen LogP contribution in [-0.2, 0) is 20.3 Å². The maximum Gasteiger partial charge on any atom is 0.453 e. The minimum Gasteiger partial charge on any atom is -0.393 e. The van der Waals surface area contributed by atoms with Gasteiger partial charge < -0.3 is 9.84 Å². The van der Waals surface area contributed by atoms with Crippen LogP contribution in [0.1, 0.15) is 136 Å². The second kappa shape index (κ2) is 15.7. The van der Waals surface area contributed by atoms with Gasteiger partial charge in [0.25, 0.3) is 0 Å². The molecule has 4 fully saturated rings. The molecular formula is C35H57F5O4S. The number of fused-ring (bicyclic) bond motifs is 5. The zero-order valence-electron chi connectivity index (χ0n) is 27.5. The quantitative estimate of drug-likeness (QED) is 0.124. The summed E-state index contributed by atoms with van der Waals surface area (Å²) in [5.41, 5.74) is 0.0860. The van der Waals surface area contributed by atoms with Crippen LogP contribution >= 0.6 is 0 Å². The third kappa shape index (κ3) is 8.90. The van der Waals surface area contributed by atoms with Crippen molar-refractivity contribution in [3.05, 3.63) is 0 Å². The van der Waals surface area contributed by atoms with Gasteiger partial charge in [0.1, 0.15) is 5.78 Å². The molecule has 1 N–H and O–H groups in total. The van der Waals surface area contributed by atoms with Crippen molar-refractivity contribution in [2.45, 2.75) is 160 Å². The summed E-state index contributed by atoms with van der Waals surface area (Å²) >= 11 is 0. The maximum atomic E-state index is 12.9. The SMILES string of the molecule is C[C@]12CCC(=O)CC1CC[C@@H]1[C@H]2C(OCCCCCCCCCCCS(=O)CCCC(F)(F)C(F)(F)F)C[C@]2(C)C(O)CC[C@@H]12. The maximum absolute atomic E-state index is 12.9. The Morgan fingerprint density at radius 1 is 0.844 bits per heavy atom. The van der Waals surface area contributed by atoms with Gasteiger partial charge in [-0.3, -0.25) is 9.00 Å².